The smallest absolute Gasteiger partial charge is 0.254 e. The van der Waals surface area contributed by atoms with Gasteiger partial charge in [-0.3, -0.25) is 9.59 Å². The standard InChI is InChI=1S/C20H22N2O2/c1-15-7-5-6-10-18(15)20(24)22-13-11-16(12-14-22)19(23)21-17-8-3-2-4-9-17/h2-10,16H,11-14H2,1H3,(H,21,23). The first-order valence-electron chi connectivity index (χ1n) is 8.36. The van der Waals surface area contributed by atoms with Gasteiger partial charge >= 0.3 is 0 Å². The molecule has 0 radical (unpaired) electrons. The van der Waals surface area contributed by atoms with E-state index in [1.54, 1.807) is 0 Å². The number of benzene rings is 2. The van der Waals surface area contributed by atoms with Crippen LogP contribution in [0, 0.1) is 12.8 Å². The van der Waals surface area contributed by atoms with Crippen LogP contribution in [0.1, 0.15) is 28.8 Å². The van der Waals surface area contributed by atoms with Crippen molar-refractivity contribution in [2.45, 2.75) is 19.8 Å². The van der Waals surface area contributed by atoms with E-state index in [9.17, 15) is 9.59 Å². The van der Waals surface area contributed by atoms with Gasteiger partial charge < -0.3 is 10.2 Å². The maximum atomic E-state index is 12.6. The maximum Gasteiger partial charge on any atom is 0.254 e. The molecule has 1 saturated heterocycles. The van der Waals surface area contributed by atoms with Crippen LogP contribution in [0.3, 0.4) is 0 Å². The van der Waals surface area contributed by atoms with Crippen molar-refractivity contribution in [3.63, 3.8) is 0 Å². The number of piperidine rings is 1. The molecule has 1 fully saturated rings. The summed E-state index contributed by atoms with van der Waals surface area (Å²) in [4.78, 5) is 26.8. The van der Waals surface area contributed by atoms with Gasteiger partial charge in [-0.2, -0.15) is 0 Å². The van der Waals surface area contributed by atoms with Gasteiger partial charge in [0.15, 0.2) is 0 Å². The van der Waals surface area contributed by atoms with Crippen molar-refractivity contribution >= 4 is 17.5 Å². The number of hydrogen-bond donors (Lipinski definition) is 1. The Kier molecular flexibility index (Phi) is 4.94. The van der Waals surface area contributed by atoms with E-state index in [0.717, 1.165) is 16.8 Å². The van der Waals surface area contributed by atoms with E-state index >= 15 is 0 Å². The van der Waals surface area contributed by atoms with Crippen molar-refractivity contribution in [2.75, 3.05) is 18.4 Å². The van der Waals surface area contributed by atoms with Gasteiger partial charge in [0, 0.05) is 30.3 Å². The van der Waals surface area contributed by atoms with Crippen LogP contribution >= 0.6 is 0 Å². The molecule has 1 aliphatic heterocycles. The SMILES string of the molecule is Cc1ccccc1C(=O)N1CCC(C(=O)Nc2ccccc2)CC1. The summed E-state index contributed by atoms with van der Waals surface area (Å²) in [5, 5.41) is 2.95. The Labute approximate surface area is 142 Å². The Morgan fingerprint density at radius 3 is 2.25 bits per heavy atom. The number of likely N-dealkylation sites (tertiary alicyclic amines) is 1. The highest BCUT2D eigenvalue weighted by Crippen LogP contribution is 2.21. The van der Waals surface area contributed by atoms with Gasteiger partial charge in [-0.1, -0.05) is 36.4 Å². The summed E-state index contributed by atoms with van der Waals surface area (Å²) in [6.07, 6.45) is 1.41. The fraction of sp³-hybridized carbons (Fsp3) is 0.300. The molecular weight excluding hydrogens is 300 g/mol. The number of hydrogen-bond acceptors (Lipinski definition) is 2. The number of aryl methyl sites for hydroxylation is 1. The van der Waals surface area contributed by atoms with E-state index in [4.69, 9.17) is 0 Å². The van der Waals surface area contributed by atoms with Crippen LogP contribution in [0.5, 0.6) is 0 Å². The number of carbonyl (C=O) groups is 2. The minimum atomic E-state index is -0.0360. The maximum absolute atomic E-state index is 12.6. The number of nitrogens with one attached hydrogen (secondary N) is 1. The zero-order valence-corrected chi connectivity index (χ0v) is 13.9. The first kappa shape index (κ1) is 16.2. The van der Waals surface area contributed by atoms with Crippen molar-refractivity contribution in [1.29, 1.82) is 0 Å². The zero-order chi connectivity index (χ0) is 16.9. The van der Waals surface area contributed by atoms with Crippen LogP contribution in [0.2, 0.25) is 0 Å². The van der Waals surface area contributed by atoms with E-state index < -0.39 is 0 Å². The number of para-hydroxylation sites is 1. The topological polar surface area (TPSA) is 49.4 Å². The average molecular weight is 322 g/mol. The van der Waals surface area contributed by atoms with Crippen molar-refractivity contribution < 1.29 is 9.59 Å². The van der Waals surface area contributed by atoms with Crippen LogP contribution < -0.4 is 5.32 Å². The highest BCUT2D eigenvalue weighted by Gasteiger charge is 2.28. The lowest BCUT2D eigenvalue weighted by molar-refractivity contribution is -0.121. The molecule has 1 heterocycles. The molecule has 124 valence electrons. The van der Waals surface area contributed by atoms with Crippen LogP contribution in [-0.2, 0) is 4.79 Å². The third-order valence-corrected chi connectivity index (χ3v) is 4.57. The molecule has 0 aliphatic carbocycles. The second-order valence-corrected chi connectivity index (χ2v) is 6.24. The van der Waals surface area contributed by atoms with Gasteiger partial charge in [0.2, 0.25) is 5.91 Å². The normalized spacial score (nSPS) is 15.1. The molecule has 0 aromatic heterocycles. The summed E-state index contributed by atoms with van der Waals surface area (Å²) in [5.41, 5.74) is 2.57. The molecule has 0 unspecified atom stereocenters. The van der Waals surface area contributed by atoms with Gasteiger partial charge in [-0.05, 0) is 43.5 Å². The number of nitrogens with zero attached hydrogens (tertiary/aromatic N) is 1. The highest BCUT2D eigenvalue weighted by atomic mass is 16.2. The molecule has 2 amide bonds. The first-order valence-corrected chi connectivity index (χ1v) is 8.36. The summed E-state index contributed by atoms with van der Waals surface area (Å²) in [7, 11) is 0. The first-order chi connectivity index (χ1) is 11.6. The molecule has 0 saturated carbocycles. The molecule has 1 aliphatic rings. The molecule has 0 bridgehead atoms. The van der Waals surface area contributed by atoms with E-state index in [2.05, 4.69) is 5.32 Å². The fourth-order valence-corrected chi connectivity index (χ4v) is 3.09. The van der Waals surface area contributed by atoms with Crippen LogP contribution in [0.4, 0.5) is 5.69 Å². The Morgan fingerprint density at radius 2 is 1.58 bits per heavy atom. The summed E-state index contributed by atoms with van der Waals surface area (Å²) >= 11 is 0. The quantitative estimate of drug-likeness (QED) is 0.940. The Bertz CT molecular complexity index is 719. The Balaban J connectivity index is 1.57. The summed E-state index contributed by atoms with van der Waals surface area (Å²) in [6, 6.07) is 17.1. The lowest BCUT2D eigenvalue weighted by Gasteiger charge is -2.31. The molecule has 1 N–H and O–H groups in total. The molecule has 3 rings (SSSR count). The van der Waals surface area contributed by atoms with Gasteiger partial charge in [-0.15, -0.1) is 0 Å². The lowest BCUT2D eigenvalue weighted by atomic mass is 9.95. The number of rotatable bonds is 3. The van der Waals surface area contributed by atoms with Crippen molar-refractivity contribution in [1.82, 2.24) is 4.90 Å². The van der Waals surface area contributed by atoms with E-state index in [1.165, 1.54) is 0 Å². The minimum absolute atomic E-state index is 0.0360. The molecule has 0 atom stereocenters. The zero-order valence-electron chi connectivity index (χ0n) is 13.9. The predicted molar refractivity (Wildman–Crippen MR) is 94.9 cm³/mol. The number of carbonyl (C=O) groups excluding carboxylic acids is 2. The summed E-state index contributed by atoms with van der Waals surface area (Å²) < 4.78 is 0. The van der Waals surface area contributed by atoms with Crippen molar-refractivity contribution in [3.05, 3.63) is 65.7 Å². The van der Waals surface area contributed by atoms with E-state index in [0.29, 0.717) is 25.9 Å². The minimum Gasteiger partial charge on any atom is -0.339 e. The van der Waals surface area contributed by atoms with E-state index in [-0.39, 0.29) is 17.7 Å². The molecule has 4 heteroatoms. The summed E-state index contributed by atoms with van der Waals surface area (Å²) in [6.45, 7) is 3.20. The van der Waals surface area contributed by atoms with Crippen molar-refractivity contribution in [2.24, 2.45) is 5.92 Å². The Morgan fingerprint density at radius 1 is 0.958 bits per heavy atom. The monoisotopic (exact) mass is 322 g/mol. The molecule has 2 aromatic carbocycles. The van der Waals surface area contributed by atoms with Gasteiger partial charge in [-0.25, -0.2) is 0 Å². The number of amides is 2. The highest BCUT2D eigenvalue weighted by molar-refractivity contribution is 5.96. The van der Waals surface area contributed by atoms with Gasteiger partial charge in [0.1, 0.15) is 0 Å². The third-order valence-electron chi connectivity index (χ3n) is 4.57. The molecule has 24 heavy (non-hydrogen) atoms. The Hall–Kier alpha value is -2.62. The largest absolute Gasteiger partial charge is 0.339 e. The average Bonchev–Trinajstić information content (AvgIpc) is 2.62. The lowest BCUT2D eigenvalue weighted by Crippen LogP contribution is -2.41. The molecule has 4 nitrogen and oxygen atoms in total. The van der Waals surface area contributed by atoms with Crippen molar-refractivity contribution in [3.8, 4) is 0 Å². The van der Waals surface area contributed by atoms with Gasteiger partial charge in [0.25, 0.3) is 5.91 Å². The second kappa shape index (κ2) is 7.30. The molecule has 0 spiro atoms. The molecule has 2 aromatic rings. The van der Waals surface area contributed by atoms with Crippen LogP contribution in [-0.4, -0.2) is 29.8 Å². The van der Waals surface area contributed by atoms with Crippen LogP contribution in [0.25, 0.3) is 0 Å². The van der Waals surface area contributed by atoms with E-state index in [1.807, 2.05) is 66.4 Å². The molecular formula is C20H22N2O2. The second-order valence-electron chi connectivity index (χ2n) is 6.24. The third kappa shape index (κ3) is 3.65. The number of anilines is 1. The predicted octanol–water partition coefficient (Wildman–Crippen LogP) is 3.49. The summed E-state index contributed by atoms with van der Waals surface area (Å²) in [5.74, 6) is 0.0744. The van der Waals surface area contributed by atoms with Gasteiger partial charge in [0.05, 0.1) is 0 Å². The van der Waals surface area contributed by atoms with Crippen LogP contribution in [0.15, 0.2) is 54.6 Å². The fourth-order valence-electron chi connectivity index (χ4n) is 3.09.